The molecule has 9 aliphatic rings. The lowest BCUT2D eigenvalue weighted by Crippen LogP contribution is -2.63. The number of aromatic amines is 1. The minimum Gasteiger partial charge on any atom is -0.465 e. The molecule has 5 saturated carbocycles. The van der Waals surface area contributed by atoms with Crippen LogP contribution in [-0.4, -0.2) is 78.4 Å². The number of cyclic esters (lactones) is 1. The number of allylic oxidation sites excluding steroid dienone is 3. The number of esters is 1. The Morgan fingerprint density at radius 2 is 1.70 bits per heavy atom. The molecular weight excluding hydrogens is 755 g/mol. The molecule has 6 fully saturated rings. The largest absolute Gasteiger partial charge is 0.465 e. The van der Waals surface area contributed by atoms with Gasteiger partial charge in [-0.25, -0.2) is 0 Å². The SMILES string of the molecule is C[C@@H]1CCC2=C[C@H]3CC[C@@H]4[C@@H]([C@@H]5COC(=O)[C@H]5c5cc[nH]c5)C#CC[C@H]5C[C@@]6(O)C7=CC(=O)[C@@H]8C[C@@H](O)[C@@H](O)C[C@]8(C)[C@H]7CC[C@]6(C)[C@H]5[C@@](C)(O)[C@H](O)C[C@@H](C)[C@H]3[C@@H]4[C@@H]2C1. The number of rotatable bonds is 2. The van der Waals surface area contributed by atoms with E-state index in [0.29, 0.717) is 73.9 Å². The van der Waals surface area contributed by atoms with E-state index in [9.17, 15) is 35.1 Å². The Kier molecular flexibility index (Phi) is 9.90. The van der Waals surface area contributed by atoms with E-state index in [1.807, 2.05) is 18.5 Å². The number of ether oxygens (including phenoxy) is 1. The molecule has 0 radical (unpaired) electrons. The molecule has 60 heavy (non-hydrogen) atoms. The van der Waals surface area contributed by atoms with E-state index in [2.05, 4.69) is 50.6 Å². The van der Waals surface area contributed by atoms with Crippen LogP contribution in [-0.2, 0) is 14.3 Å². The molecule has 4 bridgehead atoms. The van der Waals surface area contributed by atoms with Crippen molar-refractivity contribution in [1.82, 2.24) is 4.98 Å². The Hall–Kier alpha value is -2.74. The van der Waals surface area contributed by atoms with Gasteiger partial charge in [-0.1, -0.05) is 45.3 Å². The molecule has 21 atom stereocenters. The first-order valence-corrected chi connectivity index (χ1v) is 23.7. The average Bonchev–Trinajstić information content (AvgIpc) is 3.91. The number of hydrogen-bond acceptors (Lipinski definition) is 8. The molecule has 1 aromatic rings. The maximum absolute atomic E-state index is 14.1. The first kappa shape index (κ1) is 41.3. The molecule has 9 nitrogen and oxygen atoms in total. The van der Waals surface area contributed by atoms with E-state index < -0.39 is 58.1 Å². The van der Waals surface area contributed by atoms with Crippen LogP contribution >= 0.6 is 0 Å². The van der Waals surface area contributed by atoms with Crippen LogP contribution in [0.3, 0.4) is 0 Å². The highest BCUT2D eigenvalue weighted by Crippen LogP contribution is 2.71. The monoisotopic (exact) mass is 824 g/mol. The van der Waals surface area contributed by atoms with Crippen molar-refractivity contribution in [3.63, 3.8) is 0 Å². The summed E-state index contributed by atoms with van der Waals surface area (Å²) in [5.41, 5.74) is -1.26. The number of ketones is 1. The number of H-pyrrole nitrogens is 1. The number of carbonyl (C=O) groups excluding carboxylic acids is 2. The van der Waals surface area contributed by atoms with Gasteiger partial charge >= 0.3 is 5.97 Å². The quantitative estimate of drug-likeness (QED) is 0.112. The zero-order chi connectivity index (χ0) is 42.3. The zero-order valence-corrected chi connectivity index (χ0v) is 36.4. The van der Waals surface area contributed by atoms with Gasteiger partial charge in [-0.15, -0.1) is 5.92 Å². The van der Waals surface area contributed by atoms with Crippen LogP contribution in [0.2, 0.25) is 0 Å². The van der Waals surface area contributed by atoms with Crippen LogP contribution in [0, 0.1) is 99.6 Å². The lowest BCUT2D eigenvalue weighted by molar-refractivity contribution is -0.182. The summed E-state index contributed by atoms with van der Waals surface area (Å²) >= 11 is 0. The highest BCUT2D eigenvalue weighted by molar-refractivity contribution is 5.95. The second kappa shape index (κ2) is 14.4. The van der Waals surface area contributed by atoms with E-state index in [-0.39, 0.29) is 60.1 Å². The molecule has 0 spiro atoms. The molecule has 0 amide bonds. The van der Waals surface area contributed by atoms with Gasteiger partial charge < -0.3 is 35.3 Å². The lowest BCUT2D eigenvalue weighted by atomic mass is 9.45. The predicted molar refractivity (Wildman–Crippen MR) is 225 cm³/mol. The molecule has 326 valence electrons. The van der Waals surface area contributed by atoms with Crippen molar-refractivity contribution >= 4 is 11.8 Å². The normalized spacial score (nSPS) is 53.5. The van der Waals surface area contributed by atoms with E-state index in [1.165, 1.54) is 6.42 Å². The van der Waals surface area contributed by atoms with Crippen molar-refractivity contribution in [2.24, 2.45) is 87.8 Å². The van der Waals surface area contributed by atoms with Crippen LogP contribution in [0.1, 0.15) is 123 Å². The van der Waals surface area contributed by atoms with Crippen LogP contribution in [0.15, 0.2) is 41.8 Å². The Labute approximate surface area is 356 Å². The number of aromatic nitrogens is 1. The molecular formula is C51H69NO8. The first-order valence-electron chi connectivity index (χ1n) is 23.7. The average molecular weight is 824 g/mol. The Morgan fingerprint density at radius 1 is 0.900 bits per heavy atom. The number of aliphatic hydroxyl groups is 5. The predicted octanol–water partition coefficient (Wildman–Crippen LogP) is 6.50. The molecule has 10 rings (SSSR count). The van der Waals surface area contributed by atoms with E-state index in [1.54, 1.807) is 18.6 Å². The number of fused-ring (bicyclic) bond motifs is 8. The van der Waals surface area contributed by atoms with Crippen LogP contribution in [0.25, 0.3) is 0 Å². The maximum Gasteiger partial charge on any atom is 0.313 e. The maximum atomic E-state index is 14.1. The van der Waals surface area contributed by atoms with Crippen LogP contribution in [0.4, 0.5) is 0 Å². The van der Waals surface area contributed by atoms with Crippen molar-refractivity contribution in [2.75, 3.05) is 6.61 Å². The van der Waals surface area contributed by atoms with Crippen LogP contribution in [0.5, 0.6) is 0 Å². The first-order chi connectivity index (χ1) is 28.5. The minimum atomic E-state index is -1.56. The third-order valence-corrected chi connectivity index (χ3v) is 19.7. The second-order valence-electron chi connectivity index (χ2n) is 22.7. The highest BCUT2D eigenvalue weighted by Gasteiger charge is 2.72. The van der Waals surface area contributed by atoms with Crippen molar-refractivity contribution < 1.29 is 39.9 Å². The van der Waals surface area contributed by atoms with E-state index >= 15 is 0 Å². The minimum absolute atomic E-state index is 0.0986. The summed E-state index contributed by atoms with van der Waals surface area (Å²) in [5.74, 6) is 7.70. The van der Waals surface area contributed by atoms with E-state index in [4.69, 9.17) is 4.74 Å². The fraction of sp³-hybridized carbons (Fsp3) is 0.765. The summed E-state index contributed by atoms with van der Waals surface area (Å²) in [5, 5.41) is 60.7. The van der Waals surface area contributed by atoms with Crippen molar-refractivity contribution in [2.45, 2.75) is 147 Å². The molecule has 2 heterocycles. The molecule has 6 N–H and O–H groups in total. The van der Waals surface area contributed by atoms with Crippen molar-refractivity contribution in [1.29, 1.82) is 0 Å². The van der Waals surface area contributed by atoms with Gasteiger partial charge in [-0.3, -0.25) is 9.59 Å². The molecule has 9 heteroatoms. The Balaban J connectivity index is 1.09. The summed E-state index contributed by atoms with van der Waals surface area (Å²) in [7, 11) is 0. The number of carbonyl (C=O) groups is 2. The smallest absolute Gasteiger partial charge is 0.313 e. The van der Waals surface area contributed by atoms with Crippen molar-refractivity contribution in [3.8, 4) is 11.8 Å². The third kappa shape index (κ3) is 5.89. The molecule has 0 aromatic carbocycles. The van der Waals surface area contributed by atoms with Gasteiger partial charge in [-0.05, 0) is 160 Å². The summed E-state index contributed by atoms with van der Waals surface area (Å²) in [6.45, 7) is 10.9. The lowest BCUT2D eigenvalue weighted by Gasteiger charge is -2.61. The summed E-state index contributed by atoms with van der Waals surface area (Å²) in [6.07, 6.45) is 13.6. The number of aliphatic hydroxyl groups excluding tert-OH is 3. The highest BCUT2D eigenvalue weighted by atomic mass is 16.5. The molecule has 1 aliphatic heterocycles. The third-order valence-electron chi connectivity index (χ3n) is 19.7. The second-order valence-corrected chi connectivity index (χ2v) is 22.7. The molecule has 0 unspecified atom stereocenters. The molecule has 8 aliphatic carbocycles. The number of nitrogens with one attached hydrogen (secondary N) is 1. The topological polar surface area (TPSA) is 160 Å². The van der Waals surface area contributed by atoms with Gasteiger partial charge in [0.15, 0.2) is 5.78 Å². The van der Waals surface area contributed by atoms with Gasteiger partial charge in [0.05, 0.1) is 42.0 Å². The van der Waals surface area contributed by atoms with Gasteiger partial charge in [0.1, 0.15) is 0 Å². The fourth-order valence-corrected chi connectivity index (χ4v) is 17.0. The zero-order valence-electron chi connectivity index (χ0n) is 36.4. The number of hydrogen-bond donors (Lipinski definition) is 6. The van der Waals surface area contributed by atoms with E-state index in [0.717, 1.165) is 31.2 Å². The summed E-state index contributed by atoms with van der Waals surface area (Å²) in [4.78, 5) is 30.9. The molecule has 1 aromatic heterocycles. The summed E-state index contributed by atoms with van der Waals surface area (Å²) in [6, 6.07) is 2.00. The molecule has 1 saturated heterocycles. The fourth-order valence-electron chi connectivity index (χ4n) is 17.0. The van der Waals surface area contributed by atoms with Gasteiger partial charge in [0, 0.05) is 47.9 Å². The van der Waals surface area contributed by atoms with Crippen LogP contribution < -0.4 is 0 Å². The summed E-state index contributed by atoms with van der Waals surface area (Å²) < 4.78 is 5.96. The standard InChI is InChI=1S/C51H69NO8/c1-26-9-10-28-19-29-11-12-33-32(35-25-60-47(57)44(35)31-14-16-52-24-31)8-6-7-30-22-51(59)37-20-39(53)38-21-40(54)41(55)23-48(38,3)36(37)13-15-49(51,4)46(30)50(5,58)42(56)18-27(2)43(29)45(33)34(28)17-26/h14,16,19-20,24,26-27,29-30,32-36,38,40-46,52,54-56,58-59H,7,9-13,15,17-18,21-23,25H2,1-5H3/t26-,27-,29-,30+,32+,33-,34-,35+,36+,38+,40-,41+,42-,43-,44+,45+,46+,48-,49-,50+,51-/m1/s1. The van der Waals surface area contributed by atoms with Crippen molar-refractivity contribution in [3.05, 3.63) is 47.3 Å². The van der Waals surface area contributed by atoms with Gasteiger partial charge in [0.25, 0.3) is 0 Å². The van der Waals surface area contributed by atoms with Gasteiger partial charge in [-0.2, -0.15) is 0 Å². The Morgan fingerprint density at radius 3 is 2.47 bits per heavy atom. The Bertz CT molecular complexity index is 2010. The van der Waals surface area contributed by atoms with Gasteiger partial charge in [0.2, 0.25) is 0 Å².